The number of halogens is 4. The number of hydrogen-bond acceptors (Lipinski definition) is 6. The zero-order valence-electron chi connectivity index (χ0n) is 28.2. The van der Waals surface area contributed by atoms with Crippen molar-refractivity contribution in [3.8, 4) is 11.5 Å². The number of alkyl halides is 2. The van der Waals surface area contributed by atoms with Crippen LogP contribution in [-0.4, -0.2) is 31.8 Å². The van der Waals surface area contributed by atoms with Gasteiger partial charge in [-0.2, -0.15) is 8.78 Å². The van der Waals surface area contributed by atoms with Crippen LogP contribution < -0.4 is 20.1 Å². The minimum absolute atomic E-state index is 0.206. The molecule has 0 bridgehead atoms. The molecule has 6 rings (SSSR count). The molecule has 10 heteroatoms. The van der Waals surface area contributed by atoms with Gasteiger partial charge in [-0.1, -0.05) is 78.3 Å². The lowest BCUT2D eigenvalue weighted by Gasteiger charge is -2.49. The number of rotatable bonds is 9. The van der Waals surface area contributed by atoms with Crippen LogP contribution in [0.5, 0.6) is 11.5 Å². The Bertz CT molecular complexity index is 1960. The van der Waals surface area contributed by atoms with E-state index in [2.05, 4.69) is 15.6 Å². The van der Waals surface area contributed by atoms with Gasteiger partial charge in [0.05, 0.1) is 24.9 Å². The Kier molecular flexibility index (Phi) is 9.22. The molecular formula is C40H37ClF3N3O3. The van der Waals surface area contributed by atoms with Crippen LogP contribution in [0, 0.1) is 5.82 Å². The number of amidine groups is 1. The molecule has 0 saturated heterocycles. The van der Waals surface area contributed by atoms with Crippen LogP contribution >= 0.6 is 11.6 Å². The quantitative estimate of drug-likeness (QED) is 0.150. The average molecular weight is 700 g/mol. The third-order valence-corrected chi connectivity index (χ3v) is 9.57. The van der Waals surface area contributed by atoms with Gasteiger partial charge in [0.25, 0.3) is 6.02 Å². The van der Waals surface area contributed by atoms with Crippen molar-refractivity contribution in [3.63, 3.8) is 0 Å². The number of para-hydroxylation sites is 1. The van der Waals surface area contributed by atoms with E-state index in [4.69, 9.17) is 25.8 Å². The summed E-state index contributed by atoms with van der Waals surface area (Å²) in [6.07, 6.45) is 0. The Balaban J connectivity index is 1.56. The molecule has 5 aromatic rings. The van der Waals surface area contributed by atoms with E-state index in [1.807, 2.05) is 78.9 Å². The van der Waals surface area contributed by atoms with Gasteiger partial charge >= 0.3 is 5.92 Å². The molecule has 5 aromatic carbocycles. The molecule has 1 heterocycles. The van der Waals surface area contributed by atoms with Gasteiger partial charge < -0.3 is 24.8 Å². The molecule has 0 amide bonds. The van der Waals surface area contributed by atoms with Crippen LogP contribution in [-0.2, 0) is 15.8 Å². The molecule has 0 aliphatic carbocycles. The van der Waals surface area contributed by atoms with Crippen molar-refractivity contribution in [2.75, 3.05) is 19.5 Å². The van der Waals surface area contributed by atoms with E-state index in [1.54, 1.807) is 38.5 Å². The Morgan fingerprint density at radius 3 is 1.82 bits per heavy atom. The van der Waals surface area contributed by atoms with Gasteiger partial charge in [0.15, 0.2) is 11.1 Å². The van der Waals surface area contributed by atoms with Crippen LogP contribution in [0.4, 0.5) is 24.5 Å². The van der Waals surface area contributed by atoms with E-state index in [0.29, 0.717) is 27.9 Å². The van der Waals surface area contributed by atoms with Crippen molar-refractivity contribution in [1.82, 2.24) is 5.32 Å². The summed E-state index contributed by atoms with van der Waals surface area (Å²) >= 11 is 6.35. The molecule has 258 valence electrons. The third kappa shape index (κ3) is 6.00. The third-order valence-electron chi connectivity index (χ3n) is 9.24. The zero-order valence-corrected chi connectivity index (χ0v) is 29.0. The first-order chi connectivity index (χ1) is 23.8. The number of hydrogen-bond donors (Lipinski definition) is 2. The summed E-state index contributed by atoms with van der Waals surface area (Å²) in [6.45, 7) is 3.77. The average Bonchev–Trinajstić information content (AvgIpc) is 3.12. The van der Waals surface area contributed by atoms with Gasteiger partial charge in [0.1, 0.15) is 22.9 Å². The predicted octanol–water partition coefficient (Wildman–Crippen LogP) is 9.84. The maximum atomic E-state index is 16.8. The summed E-state index contributed by atoms with van der Waals surface area (Å²) in [4.78, 5) is 4.58. The second-order valence-corrected chi connectivity index (χ2v) is 13.1. The van der Waals surface area contributed by atoms with Gasteiger partial charge in [0.2, 0.25) is 0 Å². The molecule has 2 N–H and O–H groups in total. The fourth-order valence-electron chi connectivity index (χ4n) is 6.41. The standard InChI is InChI=1S/C40H37ClF3N3O3/c1-37(2)40(43,44)38(3,32-25-29(19-24-34(32)42)45-35-14-10-9-13-33(35)41)46-36(50-37)47-39(26-11-7-6-8-12-26,27-15-20-30(48-4)21-16-27)28-17-22-31(49-5)23-18-28/h6-25,45H,1-5H3,(H,46,47)/t38-/m1/s1. The fraction of sp³-hybridized carbons (Fsp3) is 0.225. The molecule has 50 heavy (non-hydrogen) atoms. The van der Waals surface area contributed by atoms with Crippen molar-refractivity contribution in [2.24, 2.45) is 4.99 Å². The molecule has 1 aliphatic rings. The second-order valence-electron chi connectivity index (χ2n) is 12.7. The van der Waals surface area contributed by atoms with E-state index in [-0.39, 0.29) is 11.6 Å². The predicted molar refractivity (Wildman–Crippen MR) is 191 cm³/mol. The molecule has 1 aliphatic heterocycles. The molecule has 0 unspecified atom stereocenters. The molecule has 1 atom stereocenters. The topological polar surface area (TPSA) is 64.1 Å². The SMILES string of the molecule is COc1ccc(C(NC2=N[C@](C)(c3cc(Nc4ccccc4Cl)ccc3F)C(F)(F)C(C)(C)O2)(c2ccccc2)c2ccc(OC)cc2)cc1. The summed E-state index contributed by atoms with van der Waals surface area (Å²) in [7, 11) is 3.15. The van der Waals surface area contributed by atoms with Crippen LogP contribution in [0.1, 0.15) is 43.0 Å². The number of nitrogens with one attached hydrogen (secondary N) is 2. The van der Waals surface area contributed by atoms with Crippen molar-refractivity contribution >= 4 is 29.0 Å². The summed E-state index contributed by atoms with van der Waals surface area (Å²) in [5.74, 6) is -3.28. The van der Waals surface area contributed by atoms with Gasteiger partial charge in [-0.05, 0) is 92.1 Å². The first-order valence-electron chi connectivity index (χ1n) is 16.0. The van der Waals surface area contributed by atoms with E-state index in [9.17, 15) is 0 Å². The number of aliphatic imine (C=N–C) groups is 1. The van der Waals surface area contributed by atoms with E-state index in [1.165, 1.54) is 32.9 Å². The van der Waals surface area contributed by atoms with E-state index in [0.717, 1.165) is 22.8 Å². The van der Waals surface area contributed by atoms with Crippen LogP contribution in [0.2, 0.25) is 5.02 Å². The highest BCUT2D eigenvalue weighted by Gasteiger charge is 2.66. The van der Waals surface area contributed by atoms with E-state index >= 15 is 13.2 Å². The fourth-order valence-corrected chi connectivity index (χ4v) is 6.60. The number of anilines is 2. The van der Waals surface area contributed by atoms with E-state index < -0.39 is 28.4 Å². The van der Waals surface area contributed by atoms with Crippen molar-refractivity contribution < 1.29 is 27.4 Å². The maximum Gasteiger partial charge on any atom is 0.315 e. The highest BCUT2D eigenvalue weighted by molar-refractivity contribution is 6.33. The van der Waals surface area contributed by atoms with Gasteiger partial charge in [-0.3, -0.25) is 0 Å². The summed E-state index contributed by atoms with van der Waals surface area (Å²) < 4.78 is 66.4. The lowest BCUT2D eigenvalue weighted by molar-refractivity contribution is -0.209. The summed E-state index contributed by atoms with van der Waals surface area (Å²) in [5.41, 5.74) is -3.03. The van der Waals surface area contributed by atoms with Crippen LogP contribution in [0.15, 0.2) is 126 Å². The zero-order chi connectivity index (χ0) is 35.7. The van der Waals surface area contributed by atoms with Crippen molar-refractivity contribution in [1.29, 1.82) is 0 Å². The maximum absolute atomic E-state index is 16.8. The highest BCUT2D eigenvalue weighted by atomic mass is 35.5. The smallest absolute Gasteiger partial charge is 0.315 e. The molecular weight excluding hydrogens is 663 g/mol. The normalized spacial score (nSPS) is 18.0. The number of nitrogens with zero attached hydrogens (tertiary/aromatic N) is 1. The Morgan fingerprint density at radius 1 is 0.720 bits per heavy atom. The number of ether oxygens (including phenoxy) is 3. The highest BCUT2D eigenvalue weighted by Crippen LogP contribution is 2.53. The van der Waals surface area contributed by atoms with Crippen molar-refractivity contribution in [3.05, 3.63) is 154 Å². The lowest BCUT2D eigenvalue weighted by Crippen LogP contribution is -2.64. The Morgan fingerprint density at radius 2 is 1.26 bits per heavy atom. The number of benzene rings is 5. The molecule has 6 nitrogen and oxygen atoms in total. The summed E-state index contributed by atoms with van der Waals surface area (Å²) in [5, 5.41) is 6.99. The minimum atomic E-state index is -3.69. The number of methoxy groups -OCH3 is 2. The molecule has 0 radical (unpaired) electrons. The molecule has 0 saturated carbocycles. The monoisotopic (exact) mass is 699 g/mol. The Hall–Kier alpha value is -5.15. The molecule has 0 fully saturated rings. The van der Waals surface area contributed by atoms with Gasteiger partial charge in [-0.15, -0.1) is 0 Å². The molecule has 0 spiro atoms. The minimum Gasteiger partial charge on any atom is -0.497 e. The largest absolute Gasteiger partial charge is 0.497 e. The summed E-state index contributed by atoms with van der Waals surface area (Å²) in [6, 6.07) is 35.0. The van der Waals surface area contributed by atoms with Gasteiger partial charge in [-0.25, -0.2) is 9.38 Å². The lowest BCUT2D eigenvalue weighted by atomic mass is 9.76. The van der Waals surface area contributed by atoms with Gasteiger partial charge in [0, 0.05) is 11.3 Å². The first kappa shape index (κ1) is 34.7. The Labute approximate surface area is 294 Å². The van der Waals surface area contributed by atoms with Crippen LogP contribution in [0.3, 0.4) is 0 Å². The second kappa shape index (κ2) is 13.3. The van der Waals surface area contributed by atoms with Crippen molar-refractivity contribution in [2.45, 2.75) is 43.4 Å². The molecule has 0 aromatic heterocycles. The van der Waals surface area contributed by atoms with Crippen LogP contribution in [0.25, 0.3) is 0 Å². The first-order valence-corrected chi connectivity index (χ1v) is 16.3.